The Labute approximate surface area is 87.7 Å². The van der Waals surface area contributed by atoms with Gasteiger partial charge in [0, 0.05) is 12.6 Å². The highest BCUT2D eigenvalue weighted by atomic mass is 16.2. The van der Waals surface area contributed by atoms with Gasteiger partial charge in [0.1, 0.15) is 0 Å². The van der Waals surface area contributed by atoms with Crippen LogP contribution in [0.3, 0.4) is 0 Å². The fourth-order valence-corrected chi connectivity index (χ4v) is 1.69. The number of amides is 2. The van der Waals surface area contributed by atoms with Gasteiger partial charge in [0.15, 0.2) is 0 Å². The van der Waals surface area contributed by atoms with Crippen LogP contribution in [0.4, 0.5) is 0 Å². The van der Waals surface area contributed by atoms with Crippen molar-refractivity contribution in [2.24, 2.45) is 5.73 Å². The molecule has 0 saturated heterocycles. The van der Waals surface area contributed by atoms with Gasteiger partial charge in [-0.3, -0.25) is 14.5 Å². The highest BCUT2D eigenvalue weighted by Gasteiger charge is 2.35. The van der Waals surface area contributed by atoms with E-state index in [0.717, 1.165) is 0 Å². The van der Waals surface area contributed by atoms with Crippen LogP contribution < -0.4 is 5.73 Å². The Kier molecular flexibility index (Phi) is 2.28. The van der Waals surface area contributed by atoms with Crippen molar-refractivity contribution in [2.75, 3.05) is 6.54 Å². The van der Waals surface area contributed by atoms with E-state index < -0.39 is 0 Å². The first-order chi connectivity index (χ1) is 7.11. The first-order valence-corrected chi connectivity index (χ1v) is 4.82. The molecular formula is C11H12N2O2. The van der Waals surface area contributed by atoms with Crippen molar-refractivity contribution in [3.8, 4) is 0 Å². The largest absolute Gasteiger partial charge is 0.326 e. The molecule has 1 aliphatic heterocycles. The summed E-state index contributed by atoms with van der Waals surface area (Å²) in [6.07, 6.45) is 0. The van der Waals surface area contributed by atoms with Gasteiger partial charge in [-0.2, -0.15) is 0 Å². The summed E-state index contributed by atoms with van der Waals surface area (Å²) in [6, 6.07) is 6.62. The fourth-order valence-electron chi connectivity index (χ4n) is 1.69. The number of imide groups is 1. The smallest absolute Gasteiger partial charge is 0.261 e. The monoisotopic (exact) mass is 204 g/mol. The Bertz CT molecular complexity index is 391. The number of nitrogens with two attached hydrogens (primary N) is 1. The van der Waals surface area contributed by atoms with Crippen LogP contribution in [0.1, 0.15) is 27.6 Å². The molecule has 1 aliphatic rings. The molecular weight excluding hydrogens is 192 g/mol. The minimum absolute atomic E-state index is 0.202. The zero-order valence-corrected chi connectivity index (χ0v) is 8.43. The lowest BCUT2D eigenvalue weighted by molar-refractivity contribution is 0.0647. The summed E-state index contributed by atoms with van der Waals surface area (Å²) in [5, 5.41) is 0. The standard InChI is InChI=1S/C11H12N2O2/c1-7(12)6-13-10(14)8-4-2-3-5-9(8)11(13)15/h2-5,7H,6,12H2,1H3. The van der Waals surface area contributed by atoms with Crippen molar-refractivity contribution in [3.05, 3.63) is 35.4 Å². The molecule has 1 aromatic carbocycles. The quantitative estimate of drug-likeness (QED) is 0.718. The van der Waals surface area contributed by atoms with E-state index in [4.69, 9.17) is 5.73 Å². The average Bonchev–Trinajstić information content (AvgIpc) is 2.44. The molecule has 1 heterocycles. The van der Waals surface area contributed by atoms with Gasteiger partial charge < -0.3 is 5.73 Å². The second kappa shape index (κ2) is 3.47. The predicted octanol–water partition coefficient (Wildman–Crippen LogP) is 0.630. The number of fused-ring (bicyclic) bond motifs is 1. The fraction of sp³-hybridized carbons (Fsp3) is 0.273. The van der Waals surface area contributed by atoms with Gasteiger partial charge in [-0.25, -0.2) is 0 Å². The number of nitrogens with zero attached hydrogens (tertiary/aromatic N) is 1. The minimum atomic E-state index is -0.243. The maximum Gasteiger partial charge on any atom is 0.261 e. The Morgan fingerprint density at radius 1 is 1.20 bits per heavy atom. The zero-order chi connectivity index (χ0) is 11.0. The van der Waals surface area contributed by atoms with E-state index in [0.29, 0.717) is 11.1 Å². The topological polar surface area (TPSA) is 63.4 Å². The predicted molar refractivity (Wildman–Crippen MR) is 55.5 cm³/mol. The van der Waals surface area contributed by atoms with Crippen LogP contribution in [0.5, 0.6) is 0 Å². The molecule has 1 aromatic rings. The average molecular weight is 204 g/mol. The number of hydrogen-bond acceptors (Lipinski definition) is 3. The van der Waals surface area contributed by atoms with Crippen LogP contribution in [0.2, 0.25) is 0 Å². The third-order valence-electron chi connectivity index (χ3n) is 2.35. The summed E-state index contributed by atoms with van der Waals surface area (Å²) in [4.78, 5) is 24.8. The van der Waals surface area contributed by atoms with Gasteiger partial charge in [0.25, 0.3) is 11.8 Å². The van der Waals surface area contributed by atoms with E-state index in [9.17, 15) is 9.59 Å². The van der Waals surface area contributed by atoms with E-state index in [-0.39, 0.29) is 24.4 Å². The van der Waals surface area contributed by atoms with Crippen molar-refractivity contribution < 1.29 is 9.59 Å². The maximum atomic E-state index is 11.8. The molecule has 0 aromatic heterocycles. The van der Waals surface area contributed by atoms with Gasteiger partial charge >= 0.3 is 0 Å². The first-order valence-electron chi connectivity index (χ1n) is 4.82. The normalized spacial score (nSPS) is 16.8. The SMILES string of the molecule is CC(N)CN1C(=O)c2ccccc2C1=O. The summed E-state index contributed by atoms with van der Waals surface area (Å²) in [5.74, 6) is -0.485. The summed E-state index contributed by atoms with van der Waals surface area (Å²) < 4.78 is 0. The van der Waals surface area contributed by atoms with Crippen molar-refractivity contribution in [3.63, 3.8) is 0 Å². The summed E-state index contributed by atoms with van der Waals surface area (Å²) in [5.41, 5.74) is 6.54. The second-order valence-corrected chi connectivity index (χ2v) is 3.74. The number of rotatable bonds is 2. The lowest BCUT2D eigenvalue weighted by Gasteiger charge is -2.15. The van der Waals surface area contributed by atoms with Crippen LogP contribution in [0, 0.1) is 0 Å². The van der Waals surface area contributed by atoms with Crippen LogP contribution in [0.15, 0.2) is 24.3 Å². The van der Waals surface area contributed by atoms with Crippen LogP contribution in [-0.4, -0.2) is 29.3 Å². The van der Waals surface area contributed by atoms with Crippen LogP contribution in [-0.2, 0) is 0 Å². The Morgan fingerprint density at radius 2 is 1.67 bits per heavy atom. The molecule has 2 rings (SSSR count). The van der Waals surface area contributed by atoms with E-state index in [1.165, 1.54) is 4.90 Å². The lowest BCUT2D eigenvalue weighted by atomic mass is 10.1. The highest BCUT2D eigenvalue weighted by molar-refractivity contribution is 6.21. The van der Waals surface area contributed by atoms with E-state index in [1.54, 1.807) is 31.2 Å². The summed E-state index contributed by atoms with van der Waals surface area (Å²) in [6.45, 7) is 2.04. The molecule has 0 radical (unpaired) electrons. The minimum Gasteiger partial charge on any atom is -0.326 e. The first kappa shape index (κ1) is 9.86. The number of carbonyl (C=O) groups is 2. The molecule has 0 bridgehead atoms. The molecule has 0 spiro atoms. The number of hydrogen-bond donors (Lipinski definition) is 1. The third-order valence-corrected chi connectivity index (χ3v) is 2.35. The molecule has 2 amide bonds. The van der Waals surface area contributed by atoms with Gasteiger partial charge in [0.2, 0.25) is 0 Å². The number of carbonyl (C=O) groups excluding carboxylic acids is 2. The Balaban J connectivity index is 2.37. The molecule has 0 aliphatic carbocycles. The molecule has 4 nitrogen and oxygen atoms in total. The van der Waals surface area contributed by atoms with E-state index >= 15 is 0 Å². The Morgan fingerprint density at radius 3 is 2.07 bits per heavy atom. The summed E-state index contributed by atoms with van der Waals surface area (Å²) >= 11 is 0. The molecule has 1 atom stereocenters. The molecule has 0 fully saturated rings. The molecule has 2 N–H and O–H groups in total. The van der Waals surface area contributed by atoms with Gasteiger partial charge in [-0.15, -0.1) is 0 Å². The van der Waals surface area contributed by atoms with Gasteiger partial charge in [-0.05, 0) is 19.1 Å². The Hall–Kier alpha value is -1.68. The van der Waals surface area contributed by atoms with Gasteiger partial charge in [0.05, 0.1) is 11.1 Å². The highest BCUT2D eigenvalue weighted by Crippen LogP contribution is 2.22. The molecule has 78 valence electrons. The van der Waals surface area contributed by atoms with E-state index in [2.05, 4.69) is 0 Å². The van der Waals surface area contributed by atoms with Crippen molar-refractivity contribution in [1.29, 1.82) is 0 Å². The van der Waals surface area contributed by atoms with E-state index in [1.807, 2.05) is 0 Å². The lowest BCUT2D eigenvalue weighted by Crippen LogP contribution is -2.39. The number of benzene rings is 1. The van der Waals surface area contributed by atoms with Gasteiger partial charge in [-0.1, -0.05) is 12.1 Å². The van der Waals surface area contributed by atoms with Crippen molar-refractivity contribution >= 4 is 11.8 Å². The zero-order valence-electron chi connectivity index (χ0n) is 8.43. The van der Waals surface area contributed by atoms with Crippen LogP contribution >= 0.6 is 0 Å². The third kappa shape index (κ3) is 1.53. The maximum absolute atomic E-state index is 11.8. The molecule has 15 heavy (non-hydrogen) atoms. The molecule has 1 unspecified atom stereocenters. The van der Waals surface area contributed by atoms with Crippen molar-refractivity contribution in [2.45, 2.75) is 13.0 Å². The molecule has 0 saturated carbocycles. The van der Waals surface area contributed by atoms with Crippen molar-refractivity contribution in [1.82, 2.24) is 4.90 Å². The second-order valence-electron chi connectivity index (χ2n) is 3.74. The molecule has 4 heteroatoms. The van der Waals surface area contributed by atoms with Crippen LogP contribution in [0.25, 0.3) is 0 Å². The summed E-state index contributed by atoms with van der Waals surface area (Å²) in [7, 11) is 0.